The van der Waals surface area contributed by atoms with Crippen molar-refractivity contribution in [2.24, 2.45) is 0 Å². The van der Waals surface area contributed by atoms with Crippen LogP contribution in [0.25, 0.3) is 11.0 Å². The molecule has 5 heteroatoms. The molecule has 0 N–H and O–H groups in total. The molecule has 0 amide bonds. The molecule has 0 saturated heterocycles. The van der Waals surface area contributed by atoms with Crippen molar-refractivity contribution in [1.82, 2.24) is 0 Å². The molecular weight excluding hydrogens is 308 g/mol. The molecule has 1 aromatic heterocycles. The number of carbonyl (C=O) groups excluding carboxylic acids is 2. The fourth-order valence-electron chi connectivity index (χ4n) is 2.61. The number of benzene rings is 2. The molecule has 0 atom stereocenters. The van der Waals surface area contributed by atoms with Gasteiger partial charge in [-0.25, -0.2) is 4.79 Å². The SMILES string of the molecule is COc1cccc(C(=O)c2c(C(C)=O)c(=O)oc3ccccc23)c1. The van der Waals surface area contributed by atoms with Crippen molar-refractivity contribution in [3.05, 3.63) is 75.6 Å². The Morgan fingerprint density at radius 3 is 2.46 bits per heavy atom. The monoisotopic (exact) mass is 322 g/mol. The third-order valence-electron chi connectivity index (χ3n) is 3.72. The molecule has 0 aliphatic heterocycles. The van der Waals surface area contributed by atoms with Crippen molar-refractivity contribution in [1.29, 1.82) is 0 Å². The lowest BCUT2D eigenvalue weighted by Crippen LogP contribution is -2.19. The van der Waals surface area contributed by atoms with Gasteiger partial charge in [0, 0.05) is 10.9 Å². The van der Waals surface area contributed by atoms with Gasteiger partial charge in [0.1, 0.15) is 16.9 Å². The molecule has 0 aliphatic rings. The lowest BCUT2D eigenvalue weighted by Gasteiger charge is -2.09. The molecular formula is C19H14O5. The Balaban J connectivity index is 2.34. The summed E-state index contributed by atoms with van der Waals surface area (Å²) in [6.45, 7) is 1.24. The van der Waals surface area contributed by atoms with Crippen LogP contribution in [0.4, 0.5) is 0 Å². The summed E-state index contributed by atoms with van der Waals surface area (Å²) in [6, 6.07) is 13.2. The van der Waals surface area contributed by atoms with Gasteiger partial charge >= 0.3 is 5.63 Å². The van der Waals surface area contributed by atoms with Crippen LogP contribution in [0.1, 0.15) is 33.2 Å². The van der Waals surface area contributed by atoms with Crippen LogP contribution in [0.2, 0.25) is 0 Å². The van der Waals surface area contributed by atoms with Gasteiger partial charge in [-0.2, -0.15) is 0 Å². The molecule has 24 heavy (non-hydrogen) atoms. The van der Waals surface area contributed by atoms with Crippen LogP contribution in [0.5, 0.6) is 5.75 Å². The highest BCUT2D eigenvalue weighted by Gasteiger charge is 2.24. The zero-order valence-corrected chi connectivity index (χ0v) is 13.2. The molecule has 120 valence electrons. The van der Waals surface area contributed by atoms with Crippen LogP contribution in [0.15, 0.2) is 57.7 Å². The van der Waals surface area contributed by atoms with Crippen LogP contribution in [-0.2, 0) is 0 Å². The lowest BCUT2D eigenvalue weighted by atomic mass is 9.94. The number of methoxy groups -OCH3 is 1. The van der Waals surface area contributed by atoms with Gasteiger partial charge in [-0.1, -0.05) is 30.3 Å². The number of fused-ring (bicyclic) bond motifs is 1. The Morgan fingerprint density at radius 1 is 1.00 bits per heavy atom. The molecule has 0 radical (unpaired) electrons. The van der Waals surface area contributed by atoms with E-state index in [-0.39, 0.29) is 16.7 Å². The van der Waals surface area contributed by atoms with E-state index in [9.17, 15) is 14.4 Å². The van der Waals surface area contributed by atoms with E-state index in [4.69, 9.17) is 9.15 Å². The zero-order chi connectivity index (χ0) is 17.3. The minimum atomic E-state index is -0.813. The normalized spacial score (nSPS) is 10.6. The summed E-state index contributed by atoms with van der Waals surface area (Å²) in [5.41, 5.74) is -0.400. The quantitative estimate of drug-likeness (QED) is 0.544. The Bertz CT molecular complexity index is 1010. The Morgan fingerprint density at radius 2 is 1.75 bits per heavy atom. The largest absolute Gasteiger partial charge is 0.497 e. The highest BCUT2D eigenvalue weighted by molar-refractivity contribution is 6.21. The summed E-state index contributed by atoms with van der Waals surface area (Å²) in [5, 5.41) is 0.426. The molecule has 0 aliphatic carbocycles. The first-order chi connectivity index (χ1) is 11.5. The molecule has 5 nitrogen and oxygen atoms in total. The molecule has 2 aromatic carbocycles. The maximum absolute atomic E-state index is 13.0. The predicted octanol–water partition coefficient (Wildman–Crippen LogP) is 3.24. The minimum absolute atomic E-state index is 0.0580. The van der Waals surface area contributed by atoms with Gasteiger partial charge in [0.05, 0.1) is 12.7 Å². The summed E-state index contributed by atoms with van der Waals surface area (Å²) in [4.78, 5) is 37.2. The molecule has 0 spiro atoms. The zero-order valence-electron chi connectivity index (χ0n) is 13.2. The lowest BCUT2D eigenvalue weighted by molar-refractivity contribution is 0.0987. The fourth-order valence-corrected chi connectivity index (χ4v) is 2.61. The summed E-state index contributed by atoms with van der Waals surface area (Å²) < 4.78 is 10.3. The number of Topliss-reactive ketones (excluding diaryl/α,β-unsaturated/α-hetero) is 1. The second-order valence-electron chi connectivity index (χ2n) is 5.25. The van der Waals surface area contributed by atoms with Gasteiger partial charge in [0.25, 0.3) is 0 Å². The highest BCUT2D eigenvalue weighted by atomic mass is 16.5. The van der Waals surface area contributed by atoms with Gasteiger partial charge in [-0.05, 0) is 25.1 Å². The molecule has 0 bridgehead atoms. The highest BCUT2D eigenvalue weighted by Crippen LogP contribution is 2.24. The number of hydrogen-bond acceptors (Lipinski definition) is 5. The second kappa shape index (κ2) is 6.12. The van der Waals surface area contributed by atoms with Crippen LogP contribution in [-0.4, -0.2) is 18.7 Å². The third-order valence-corrected chi connectivity index (χ3v) is 3.72. The van der Waals surface area contributed by atoms with E-state index in [0.717, 1.165) is 0 Å². The van der Waals surface area contributed by atoms with Crippen molar-refractivity contribution in [2.75, 3.05) is 7.11 Å². The molecule has 1 heterocycles. The van der Waals surface area contributed by atoms with E-state index in [2.05, 4.69) is 0 Å². The minimum Gasteiger partial charge on any atom is -0.497 e. The smallest absolute Gasteiger partial charge is 0.347 e. The second-order valence-corrected chi connectivity index (χ2v) is 5.25. The van der Waals surface area contributed by atoms with Crippen molar-refractivity contribution >= 4 is 22.5 Å². The number of carbonyl (C=O) groups is 2. The van der Waals surface area contributed by atoms with E-state index < -0.39 is 17.2 Å². The van der Waals surface area contributed by atoms with Gasteiger partial charge < -0.3 is 9.15 Å². The van der Waals surface area contributed by atoms with Gasteiger partial charge in [-0.15, -0.1) is 0 Å². The fraction of sp³-hybridized carbons (Fsp3) is 0.105. The van der Waals surface area contributed by atoms with E-state index in [1.54, 1.807) is 48.5 Å². The molecule has 3 rings (SSSR count). The summed E-state index contributed by atoms with van der Waals surface area (Å²) >= 11 is 0. The van der Waals surface area contributed by atoms with Crippen molar-refractivity contribution < 1.29 is 18.7 Å². The number of rotatable bonds is 4. The molecule has 0 fully saturated rings. The number of hydrogen-bond donors (Lipinski definition) is 0. The van der Waals surface area contributed by atoms with Crippen molar-refractivity contribution in [2.45, 2.75) is 6.92 Å². The first-order valence-corrected chi connectivity index (χ1v) is 7.28. The van der Waals surface area contributed by atoms with E-state index >= 15 is 0 Å². The number of para-hydroxylation sites is 1. The van der Waals surface area contributed by atoms with E-state index in [1.807, 2.05) is 0 Å². The first kappa shape index (κ1) is 15.7. The Hall–Kier alpha value is -3.21. The van der Waals surface area contributed by atoms with Crippen LogP contribution in [0, 0.1) is 0 Å². The van der Waals surface area contributed by atoms with Crippen LogP contribution < -0.4 is 10.4 Å². The third kappa shape index (κ3) is 2.60. The van der Waals surface area contributed by atoms with Crippen molar-refractivity contribution in [3.8, 4) is 5.75 Å². The van der Waals surface area contributed by atoms with E-state index in [0.29, 0.717) is 16.7 Å². The summed E-state index contributed by atoms with van der Waals surface area (Å²) in [7, 11) is 1.50. The van der Waals surface area contributed by atoms with Gasteiger partial charge in [0.2, 0.25) is 0 Å². The molecule has 0 saturated carbocycles. The molecule has 3 aromatic rings. The van der Waals surface area contributed by atoms with Crippen molar-refractivity contribution in [3.63, 3.8) is 0 Å². The number of ketones is 2. The topological polar surface area (TPSA) is 73.6 Å². The Labute approximate surface area is 137 Å². The van der Waals surface area contributed by atoms with E-state index in [1.165, 1.54) is 14.0 Å². The average molecular weight is 322 g/mol. The summed E-state index contributed by atoms with van der Waals surface area (Å²) in [5.74, 6) is -0.429. The van der Waals surface area contributed by atoms with Gasteiger partial charge in [0.15, 0.2) is 11.6 Å². The standard InChI is InChI=1S/C19H14O5/c1-11(20)16-17(14-8-3-4-9-15(14)24-19(16)22)18(21)12-6-5-7-13(10-12)23-2/h3-10H,1-2H3. The molecule has 0 unspecified atom stereocenters. The van der Waals surface area contributed by atoms with Gasteiger partial charge in [-0.3, -0.25) is 9.59 Å². The Kier molecular flexibility index (Phi) is 4.00. The predicted molar refractivity (Wildman–Crippen MR) is 88.9 cm³/mol. The first-order valence-electron chi connectivity index (χ1n) is 7.28. The van der Waals surface area contributed by atoms with Crippen LogP contribution >= 0.6 is 0 Å². The maximum Gasteiger partial charge on any atom is 0.347 e. The summed E-state index contributed by atoms with van der Waals surface area (Å²) in [6.07, 6.45) is 0. The number of ether oxygens (including phenoxy) is 1. The average Bonchev–Trinajstić information content (AvgIpc) is 2.59. The van der Waals surface area contributed by atoms with Crippen LogP contribution in [0.3, 0.4) is 0 Å². The maximum atomic E-state index is 13.0.